The lowest BCUT2D eigenvalue weighted by Gasteiger charge is -2.39. The Morgan fingerprint density at radius 1 is 1.20 bits per heavy atom. The summed E-state index contributed by atoms with van der Waals surface area (Å²) in [5.74, 6) is 1.15. The molecule has 1 aliphatic carbocycles. The Balaban J connectivity index is 1.62. The van der Waals surface area contributed by atoms with Crippen LogP contribution in [0.1, 0.15) is 36.8 Å². The minimum atomic E-state index is 0.573. The highest BCUT2D eigenvalue weighted by molar-refractivity contribution is 5.47. The number of aryl methyl sites for hydroxylation is 1. The third-order valence-electron chi connectivity index (χ3n) is 4.80. The smallest absolute Gasteiger partial charge is 0.131 e. The second kappa shape index (κ2) is 6.10. The van der Waals surface area contributed by atoms with E-state index in [1.54, 1.807) is 0 Å². The molecule has 1 aliphatic heterocycles. The van der Waals surface area contributed by atoms with Crippen molar-refractivity contribution in [3.05, 3.63) is 23.4 Å². The van der Waals surface area contributed by atoms with Crippen molar-refractivity contribution in [1.29, 1.82) is 0 Å². The summed E-state index contributed by atoms with van der Waals surface area (Å²) in [5.41, 5.74) is 8.05. The van der Waals surface area contributed by atoms with Crippen molar-refractivity contribution in [1.82, 2.24) is 9.88 Å². The number of anilines is 1. The minimum Gasteiger partial charge on any atom is -0.354 e. The van der Waals surface area contributed by atoms with Gasteiger partial charge in [0, 0.05) is 45.0 Å². The number of aromatic nitrogens is 1. The normalized spacial score (nSPS) is 21.6. The molecular formula is C16H26N4. The Morgan fingerprint density at radius 2 is 1.90 bits per heavy atom. The first kappa shape index (κ1) is 13.8. The number of piperazine rings is 1. The molecule has 2 aliphatic rings. The Bertz CT molecular complexity index is 446. The van der Waals surface area contributed by atoms with Crippen LogP contribution >= 0.6 is 0 Å². The largest absolute Gasteiger partial charge is 0.354 e. The Labute approximate surface area is 122 Å². The van der Waals surface area contributed by atoms with Crippen molar-refractivity contribution < 1.29 is 0 Å². The molecule has 0 bridgehead atoms. The van der Waals surface area contributed by atoms with Crippen LogP contribution < -0.4 is 10.6 Å². The third kappa shape index (κ3) is 2.81. The maximum absolute atomic E-state index is 5.67. The molecule has 2 fully saturated rings. The summed E-state index contributed by atoms with van der Waals surface area (Å²) in [4.78, 5) is 9.74. The van der Waals surface area contributed by atoms with Crippen molar-refractivity contribution in [2.45, 2.75) is 45.2 Å². The molecule has 1 aromatic rings. The molecule has 0 atom stereocenters. The molecule has 0 amide bonds. The highest BCUT2D eigenvalue weighted by atomic mass is 15.3. The first-order valence-electron chi connectivity index (χ1n) is 7.92. The van der Waals surface area contributed by atoms with E-state index in [9.17, 15) is 0 Å². The average Bonchev–Trinajstić information content (AvgIpc) is 3.01. The van der Waals surface area contributed by atoms with Gasteiger partial charge in [0.2, 0.25) is 0 Å². The van der Waals surface area contributed by atoms with Crippen LogP contribution in [0.3, 0.4) is 0 Å². The molecule has 2 N–H and O–H groups in total. The molecule has 0 aromatic carbocycles. The molecule has 4 heteroatoms. The van der Waals surface area contributed by atoms with E-state index >= 15 is 0 Å². The maximum atomic E-state index is 5.67. The molecule has 110 valence electrons. The van der Waals surface area contributed by atoms with E-state index in [0.717, 1.165) is 30.5 Å². The summed E-state index contributed by atoms with van der Waals surface area (Å²) >= 11 is 0. The summed E-state index contributed by atoms with van der Waals surface area (Å²) in [7, 11) is 0. The predicted molar refractivity (Wildman–Crippen MR) is 82.9 cm³/mol. The van der Waals surface area contributed by atoms with Gasteiger partial charge in [0.15, 0.2) is 0 Å². The molecule has 0 spiro atoms. The molecule has 3 rings (SSSR count). The van der Waals surface area contributed by atoms with Gasteiger partial charge in [-0.05, 0) is 37.0 Å². The van der Waals surface area contributed by atoms with Gasteiger partial charge in [-0.15, -0.1) is 0 Å². The summed E-state index contributed by atoms with van der Waals surface area (Å²) in [6.07, 6.45) is 7.58. The molecule has 2 heterocycles. The van der Waals surface area contributed by atoms with Crippen molar-refractivity contribution in [3.8, 4) is 0 Å². The fourth-order valence-electron chi connectivity index (χ4n) is 3.64. The topological polar surface area (TPSA) is 45.4 Å². The Kier molecular flexibility index (Phi) is 4.22. The van der Waals surface area contributed by atoms with Crippen molar-refractivity contribution in [2.75, 3.05) is 31.1 Å². The van der Waals surface area contributed by atoms with Crippen LogP contribution in [0.5, 0.6) is 0 Å². The van der Waals surface area contributed by atoms with E-state index in [-0.39, 0.29) is 0 Å². The zero-order valence-corrected chi connectivity index (χ0v) is 12.5. The van der Waals surface area contributed by atoms with E-state index in [1.165, 1.54) is 44.3 Å². The van der Waals surface area contributed by atoms with Crippen molar-refractivity contribution in [3.63, 3.8) is 0 Å². The number of rotatable bonds is 3. The summed E-state index contributed by atoms with van der Waals surface area (Å²) in [6.45, 7) is 7.29. The lowest BCUT2D eigenvalue weighted by atomic mass is 10.1. The molecular weight excluding hydrogens is 248 g/mol. The minimum absolute atomic E-state index is 0.573. The van der Waals surface area contributed by atoms with Gasteiger partial charge in [-0.2, -0.15) is 0 Å². The van der Waals surface area contributed by atoms with Crippen LogP contribution in [0.15, 0.2) is 12.3 Å². The van der Waals surface area contributed by atoms with Gasteiger partial charge in [0.05, 0.1) is 0 Å². The second-order valence-corrected chi connectivity index (χ2v) is 6.15. The lowest BCUT2D eigenvalue weighted by molar-refractivity contribution is 0.187. The molecule has 1 saturated heterocycles. The monoisotopic (exact) mass is 274 g/mol. The molecule has 0 unspecified atom stereocenters. The highest BCUT2D eigenvalue weighted by Crippen LogP contribution is 2.26. The van der Waals surface area contributed by atoms with Gasteiger partial charge in [-0.3, -0.25) is 4.90 Å². The predicted octanol–water partition coefficient (Wildman–Crippen LogP) is 1.91. The quantitative estimate of drug-likeness (QED) is 0.914. The highest BCUT2D eigenvalue weighted by Gasteiger charge is 2.26. The van der Waals surface area contributed by atoms with Crippen molar-refractivity contribution in [2.24, 2.45) is 5.73 Å². The number of pyridine rings is 1. The standard InChI is InChI=1S/C16H26N4/c1-13-10-14(11-17)12-18-16(13)20-8-6-19(7-9-20)15-4-2-3-5-15/h10,12,15H,2-9,11,17H2,1H3. The van der Waals surface area contributed by atoms with Gasteiger partial charge >= 0.3 is 0 Å². The van der Waals surface area contributed by atoms with Crippen molar-refractivity contribution >= 4 is 5.82 Å². The Hall–Kier alpha value is -1.13. The summed E-state index contributed by atoms with van der Waals surface area (Å²) in [6, 6.07) is 3.02. The van der Waals surface area contributed by atoms with Crippen LogP contribution in [0.4, 0.5) is 5.82 Å². The van der Waals surface area contributed by atoms with Gasteiger partial charge in [-0.25, -0.2) is 4.98 Å². The van der Waals surface area contributed by atoms with Crippen LogP contribution in [0.25, 0.3) is 0 Å². The molecule has 4 nitrogen and oxygen atoms in total. The fourth-order valence-corrected chi connectivity index (χ4v) is 3.64. The zero-order valence-electron chi connectivity index (χ0n) is 12.5. The molecule has 1 aromatic heterocycles. The van der Waals surface area contributed by atoms with E-state index in [4.69, 9.17) is 5.73 Å². The SMILES string of the molecule is Cc1cc(CN)cnc1N1CCN(C2CCCC2)CC1. The third-order valence-corrected chi connectivity index (χ3v) is 4.80. The second-order valence-electron chi connectivity index (χ2n) is 6.15. The van der Waals surface area contributed by atoms with Crippen LogP contribution in [0, 0.1) is 6.92 Å². The molecule has 1 saturated carbocycles. The number of nitrogens with zero attached hydrogens (tertiary/aromatic N) is 3. The van der Waals surface area contributed by atoms with E-state index in [1.807, 2.05) is 6.20 Å². The fraction of sp³-hybridized carbons (Fsp3) is 0.688. The van der Waals surface area contributed by atoms with Crippen LogP contribution in [-0.2, 0) is 6.54 Å². The van der Waals surface area contributed by atoms with Gasteiger partial charge in [0.25, 0.3) is 0 Å². The van der Waals surface area contributed by atoms with E-state index in [2.05, 4.69) is 27.8 Å². The first-order valence-corrected chi connectivity index (χ1v) is 7.92. The van der Waals surface area contributed by atoms with Gasteiger partial charge < -0.3 is 10.6 Å². The first-order chi connectivity index (χ1) is 9.78. The van der Waals surface area contributed by atoms with E-state index in [0.29, 0.717) is 6.54 Å². The zero-order chi connectivity index (χ0) is 13.9. The summed E-state index contributed by atoms with van der Waals surface area (Å²) < 4.78 is 0. The maximum Gasteiger partial charge on any atom is 0.131 e. The number of hydrogen-bond acceptors (Lipinski definition) is 4. The lowest BCUT2D eigenvalue weighted by Crippen LogP contribution is -2.50. The van der Waals surface area contributed by atoms with E-state index < -0.39 is 0 Å². The van der Waals surface area contributed by atoms with Gasteiger partial charge in [0.1, 0.15) is 5.82 Å². The summed E-state index contributed by atoms with van der Waals surface area (Å²) in [5, 5.41) is 0. The molecule has 20 heavy (non-hydrogen) atoms. The molecule has 0 radical (unpaired) electrons. The average molecular weight is 274 g/mol. The number of nitrogens with two attached hydrogens (primary N) is 1. The Morgan fingerprint density at radius 3 is 2.50 bits per heavy atom. The van der Waals surface area contributed by atoms with Crippen LogP contribution in [0.2, 0.25) is 0 Å². The number of hydrogen-bond donors (Lipinski definition) is 1. The van der Waals surface area contributed by atoms with Crippen LogP contribution in [-0.4, -0.2) is 42.1 Å². The van der Waals surface area contributed by atoms with Gasteiger partial charge in [-0.1, -0.05) is 12.8 Å².